The van der Waals surface area contributed by atoms with Gasteiger partial charge < -0.3 is 5.11 Å². The molecule has 0 radical (unpaired) electrons. The summed E-state index contributed by atoms with van der Waals surface area (Å²) < 4.78 is 49.4. The van der Waals surface area contributed by atoms with Crippen LogP contribution in [0.2, 0.25) is 0 Å². The Morgan fingerprint density at radius 2 is 2.06 bits per heavy atom. The summed E-state index contributed by atoms with van der Waals surface area (Å²) in [4.78, 5) is 14.6. The second-order valence-electron chi connectivity index (χ2n) is 3.67. The zero-order chi connectivity index (χ0) is 13.8. The quantitative estimate of drug-likeness (QED) is 0.824. The zero-order valence-corrected chi connectivity index (χ0v) is 9.12. The fraction of sp³-hybridized carbons (Fsp3) is 0.400. The van der Waals surface area contributed by atoms with E-state index in [4.69, 9.17) is 5.11 Å². The van der Waals surface area contributed by atoms with Crippen molar-refractivity contribution in [1.29, 1.82) is 0 Å². The van der Waals surface area contributed by atoms with E-state index < -0.39 is 31.1 Å². The zero-order valence-electron chi connectivity index (χ0n) is 9.12. The Labute approximate surface area is 99.9 Å². The van der Waals surface area contributed by atoms with Crippen molar-refractivity contribution in [1.82, 2.24) is 9.88 Å². The van der Waals surface area contributed by atoms with Crippen LogP contribution < -0.4 is 0 Å². The number of carboxylic acid groups (broad SMARTS) is 1. The number of hydrogen-bond donors (Lipinski definition) is 1. The highest BCUT2D eigenvalue weighted by molar-refractivity contribution is 5.69. The van der Waals surface area contributed by atoms with Crippen LogP contribution in [0.1, 0.15) is 5.56 Å². The van der Waals surface area contributed by atoms with Crippen LogP contribution in [0.3, 0.4) is 0 Å². The van der Waals surface area contributed by atoms with Crippen LogP contribution in [-0.2, 0) is 11.3 Å². The van der Waals surface area contributed by atoms with Gasteiger partial charge in [-0.15, -0.1) is 0 Å². The van der Waals surface area contributed by atoms with Crippen LogP contribution in [0.25, 0.3) is 0 Å². The van der Waals surface area contributed by atoms with Crippen LogP contribution >= 0.6 is 0 Å². The molecule has 100 valence electrons. The van der Waals surface area contributed by atoms with Crippen molar-refractivity contribution in [2.45, 2.75) is 12.7 Å². The lowest BCUT2D eigenvalue weighted by Crippen LogP contribution is -2.37. The van der Waals surface area contributed by atoms with E-state index in [0.717, 1.165) is 12.3 Å². The molecule has 0 saturated carbocycles. The van der Waals surface area contributed by atoms with Crippen molar-refractivity contribution in [3.63, 3.8) is 0 Å². The van der Waals surface area contributed by atoms with E-state index in [0.29, 0.717) is 4.90 Å². The summed E-state index contributed by atoms with van der Waals surface area (Å²) >= 11 is 0. The van der Waals surface area contributed by atoms with Crippen LogP contribution in [-0.4, -0.2) is 40.2 Å². The molecule has 1 rings (SSSR count). The third-order valence-electron chi connectivity index (χ3n) is 1.93. The molecular formula is C10H10F4N2O2. The van der Waals surface area contributed by atoms with E-state index in [2.05, 4.69) is 4.98 Å². The molecule has 0 fully saturated rings. The summed E-state index contributed by atoms with van der Waals surface area (Å²) in [7, 11) is 0. The molecule has 1 aromatic heterocycles. The number of carbonyl (C=O) groups is 1. The van der Waals surface area contributed by atoms with Crippen LogP contribution in [0.5, 0.6) is 0 Å². The van der Waals surface area contributed by atoms with Crippen LogP contribution in [0, 0.1) is 5.82 Å². The highest BCUT2D eigenvalue weighted by Crippen LogP contribution is 2.18. The maximum Gasteiger partial charge on any atom is 0.401 e. The van der Waals surface area contributed by atoms with Gasteiger partial charge >= 0.3 is 12.1 Å². The minimum atomic E-state index is -4.52. The molecule has 0 spiro atoms. The van der Waals surface area contributed by atoms with Gasteiger partial charge in [-0.25, -0.2) is 4.39 Å². The Kier molecular flexibility index (Phi) is 4.60. The van der Waals surface area contributed by atoms with Gasteiger partial charge in [0.15, 0.2) is 0 Å². The molecule has 0 aliphatic heterocycles. The van der Waals surface area contributed by atoms with Crippen LogP contribution in [0.15, 0.2) is 18.5 Å². The van der Waals surface area contributed by atoms with E-state index in [1.165, 1.54) is 6.20 Å². The summed E-state index contributed by atoms with van der Waals surface area (Å²) in [5, 5.41) is 8.51. The fourth-order valence-electron chi connectivity index (χ4n) is 1.41. The summed E-state index contributed by atoms with van der Waals surface area (Å²) in [5.74, 6) is -2.07. The van der Waals surface area contributed by atoms with Crippen molar-refractivity contribution in [2.24, 2.45) is 0 Å². The number of pyridine rings is 1. The van der Waals surface area contributed by atoms with Gasteiger partial charge in [-0.2, -0.15) is 13.2 Å². The first-order valence-corrected chi connectivity index (χ1v) is 4.86. The smallest absolute Gasteiger partial charge is 0.401 e. The molecule has 0 aliphatic rings. The van der Waals surface area contributed by atoms with Gasteiger partial charge in [-0.1, -0.05) is 0 Å². The largest absolute Gasteiger partial charge is 0.480 e. The number of alkyl halides is 3. The standard InChI is InChI=1S/C10H10F4N2O2/c11-8-1-7(2-15-3-8)4-16(5-9(17)18)6-10(12,13)14/h1-3H,4-6H2,(H,17,18). The molecule has 0 bridgehead atoms. The van der Waals surface area contributed by atoms with Crippen molar-refractivity contribution < 1.29 is 27.5 Å². The predicted molar refractivity (Wildman–Crippen MR) is 53.2 cm³/mol. The minimum absolute atomic E-state index is 0.181. The van der Waals surface area contributed by atoms with Gasteiger partial charge in [0, 0.05) is 12.7 Å². The van der Waals surface area contributed by atoms with Gasteiger partial charge in [0.2, 0.25) is 0 Å². The van der Waals surface area contributed by atoms with Crippen molar-refractivity contribution >= 4 is 5.97 Å². The highest BCUT2D eigenvalue weighted by atomic mass is 19.4. The molecule has 0 saturated heterocycles. The maximum absolute atomic E-state index is 12.8. The monoisotopic (exact) mass is 266 g/mol. The second-order valence-corrected chi connectivity index (χ2v) is 3.67. The number of halogens is 4. The second kappa shape index (κ2) is 5.76. The van der Waals surface area contributed by atoms with Gasteiger partial charge in [0.25, 0.3) is 0 Å². The van der Waals surface area contributed by atoms with Gasteiger partial charge in [0.1, 0.15) is 5.82 Å². The molecule has 1 N–H and O–H groups in total. The molecular weight excluding hydrogens is 256 g/mol. The van der Waals surface area contributed by atoms with Gasteiger partial charge in [-0.3, -0.25) is 14.7 Å². The molecule has 0 atom stereocenters. The SMILES string of the molecule is O=C(O)CN(Cc1cncc(F)c1)CC(F)(F)F. The molecule has 8 heteroatoms. The minimum Gasteiger partial charge on any atom is -0.480 e. The Morgan fingerprint density at radius 3 is 2.56 bits per heavy atom. The first kappa shape index (κ1) is 14.4. The lowest BCUT2D eigenvalue weighted by atomic mass is 10.2. The molecule has 4 nitrogen and oxygen atoms in total. The normalized spacial score (nSPS) is 11.8. The van der Waals surface area contributed by atoms with Gasteiger partial charge in [0.05, 0.1) is 19.3 Å². The molecule has 0 aromatic carbocycles. The molecule has 1 aromatic rings. The summed E-state index contributed by atoms with van der Waals surface area (Å²) in [5.41, 5.74) is 0.181. The topological polar surface area (TPSA) is 53.4 Å². The number of hydrogen-bond acceptors (Lipinski definition) is 3. The number of nitrogens with zero attached hydrogens (tertiary/aromatic N) is 2. The van der Waals surface area contributed by atoms with E-state index in [-0.39, 0.29) is 12.1 Å². The Morgan fingerprint density at radius 1 is 1.39 bits per heavy atom. The maximum atomic E-state index is 12.8. The Bertz CT molecular complexity index is 423. The highest BCUT2D eigenvalue weighted by Gasteiger charge is 2.31. The van der Waals surface area contributed by atoms with E-state index in [9.17, 15) is 22.4 Å². The molecule has 0 unspecified atom stereocenters. The molecule has 0 amide bonds. The molecule has 0 aliphatic carbocycles. The third kappa shape index (κ3) is 5.58. The van der Waals surface area contributed by atoms with E-state index in [1.54, 1.807) is 0 Å². The number of rotatable bonds is 5. The average Bonchev–Trinajstić information content (AvgIpc) is 2.12. The molecule has 18 heavy (non-hydrogen) atoms. The van der Waals surface area contributed by atoms with Crippen molar-refractivity contribution in [3.05, 3.63) is 29.8 Å². The fourth-order valence-corrected chi connectivity index (χ4v) is 1.41. The predicted octanol–water partition coefficient (Wildman–Crippen LogP) is 1.67. The Balaban J connectivity index is 2.74. The van der Waals surface area contributed by atoms with E-state index >= 15 is 0 Å². The average molecular weight is 266 g/mol. The van der Waals surface area contributed by atoms with E-state index in [1.807, 2.05) is 0 Å². The summed E-state index contributed by atoms with van der Waals surface area (Å²) in [6.45, 7) is -2.50. The Hall–Kier alpha value is -1.70. The lowest BCUT2D eigenvalue weighted by molar-refractivity contribution is -0.154. The number of carboxylic acids is 1. The third-order valence-corrected chi connectivity index (χ3v) is 1.93. The van der Waals surface area contributed by atoms with Crippen molar-refractivity contribution in [3.8, 4) is 0 Å². The summed E-state index contributed by atoms with van der Waals surface area (Å²) in [6, 6.07) is 1.01. The van der Waals surface area contributed by atoms with Crippen molar-refractivity contribution in [2.75, 3.05) is 13.1 Å². The number of aromatic nitrogens is 1. The molecule has 1 heterocycles. The first-order valence-electron chi connectivity index (χ1n) is 4.86. The van der Waals surface area contributed by atoms with Gasteiger partial charge in [-0.05, 0) is 11.6 Å². The summed E-state index contributed by atoms with van der Waals surface area (Å²) in [6.07, 6.45) is -2.42. The lowest BCUT2D eigenvalue weighted by Gasteiger charge is -2.21. The number of aliphatic carboxylic acids is 1. The van der Waals surface area contributed by atoms with Crippen LogP contribution in [0.4, 0.5) is 17.6 Å². The first-order chi connectivity index (χ1) is 8.26.